The van der Waals surface area contributed by atoms with Gasteiger partial charge in [0.05, 0.1) is 11.3 Å². The van der Waals surface area contributed by atoms with Gasteiger partial charge in [0.15, 0.2) is 0 Å². The first kappa shape index (κ1) is 22.9. The number of benzene rings is 1. The number of aryl methyl sites for hydroxylation is 1. The van der Waals surface area contributed by atoms with E-state index in [4.69, 9.17) is 0 Å². The van der Waals surface area contributed by atoms with Crippen molar-refractivity contribution >= 4 is 23.4 Å². The number of hydrogen-bond donors (Lipinski definition) is 1. The molecular weight excluding hydrogens is 418 g/mol. The van der Waals surface area contributed by atoms with Crippen LogP contribution < -0.4 is 5.32 Å². The highest BCUT2D eigenvalue weighted by atomic mass is 16.2. The number of amides is 3. The highest BCUT2D eigenvalue weighted by Gasteiger charge is 2.28. The van der Waals surface area contributed by atoms with Gasteiger partial charge in [0.25, 0.3) is 11.8 Å². The minimum absolute atomic E-state index is 0.0157. The zero-order chi connectivity index (χ0) is 23.4. The Bertz CT molecular complexity index is 1030. The highest BCUT2D eigenvalue weighted by molar-refractivity contribution is 5.96. The molecule has 2 aliphatic rings. The second-order valence-electron chi connectivity index (χ2n) is 8.93. The molecule has 1 atom stereocenters. The molecule has 0 saturated carbocycles. The van der Waals surface area contributed by atoms with Crippen molar-refractivity contribution < 1.29 is 14.4 Å². The lowest BCUT2D eigenvalue weighted by Gasteiger charge is -2.32. The van der Waals surface area contributed by atoms with E-state index < -0.39 is 0 Å². The van der Waals surface area contributed by atoms with Gasteiger partial charge in [0.1, 0.15) is 5.82 Å². The van der Waals surface area contributed by atoms with Crippen molar-refractivity contribution in [2.24, 2.45) is 0 Å². The standard InChI is InChI=1S/C25H31N5O3/c1-17-22(25(33)29-12-4-3-5-13-29)15-26-23(27-17)20-7-6-14-30(16-20)24(32)19-8-10-21(11-9-19)28-18(2)31/h8-11,15,20H,3-7,12-14,16H2,1-2H3,(H,28,31)/t20-/m1/s1. The third-order valence-electron chi connectivity index (χ3n) is 6.40. The Kier molecular flexibility index (Phi) is 7.01. The van der Waals surface area contributed by atoms with Crippen LogP contribution in [0.3, 0.4) is 0 Å². The third-order valence-corrected chi connectivity index (χ3v) is 6.40. The van der Waals surface area contributed by atoms with Crippen LogP contribution in [0.1, 0.15) is 77.2 Å². The van der Waals surface area contributed by atoms with E-state index in [1.54, 1.807) is 30.5 Å². The van der Waals surface area contributed by atoms with Crippen LogP contribution in [0, 0.1) is 6.92 Å². The molecule has 0 aliphatic carbocycles. The summed E-state index contributed by atoms with van der Waals surface area (Å²) in [6.45, 7) is 6.15. The van der Waals surface area contributed by atoms with Crippen LogP contribution in [0.4, 0.5) is 5.69 Å². The number of carbonyl (C=O) groups excluding carboxylic acids is 3. The molecule has 2 fully saturated rings. The number of anilines is 1. The Balaban J connectivity index is 1.43. The second-order valence-corrected chi connectivity index (χ2v) is 8.93. The molecule has 3 amide bonds. The van der Waals surface area contributed by atoms with Crippen molar-refractivity contribution in [1.29, 1.82) is 0 Å². The fraction of sp³-hybridized carbons (Fsp3) is 0.480. The molecule has 1 aromatic carbocycles. The van der Waals surface area contributed by atoms with Crippen LogP contribution in [0.2, 0.25) is 0 Å². The average Bonchev–Trinajstić information content (AvgIpc) is 2.84. The topological polar surface area (TPSA) is 95.5 Å². The summed E-state index contributed by atoms with van der Waals surface area (Å²) in [6, 6.07) is 6.94. The molecule has 1 aromatic heterocycles. The number of rotatable bonds is 4. The van der Waals surface area contributed by atoms with E-state index in [-0.39, 0.29) is 23.6 Å². The molecule has 2 aromatic rings. The van der Waals surface area contributed by atoms with Gasteiger partial charge in [-0.1, -0.05) is 0 Å². The molecule has 8 nitrogen and oxygen atoms in total. The molecular formula is C25H31N5O3. The van der Waals surface area contributed by atoms with E-state index in [2.05, 4.69) is 15.3 Å². The summed E-state index contributed by atoms with van der Waals surface area (Å²) in [6.07, 6.45) is 6.71. The molecule has 3 heterocycles. The van der Waals surface area contributed by atoms with Gasteiger partial charge in [-0.3, -0.25) is 14.4 Å². The summed E-state index contributed by atoms with van der Waals surface area (Å²) in [5.41, 5.74) is 2.53. The normalized spacial score (nSPS) is 18.7. The first-order valence-corrected chi connectivity index (χ1v) is 11.7. The Morgan fingerprint density at radius 2 is 1.64 bits per heavy atom. The Hall–Kier alpha value is -3.29. The lowest BCUT2D eigenvalue weighted by Crippen LogP contribution is -2.39. The highest BCUT2D eigenvalue weighted by Crippen LogP contribution is 2.27. The number of piperidine rings is 2. The molecule has 4 rings (SSSR count). The third kappa shape index (κ3) is 5.38. The number of hydrogen-bond acceptors (Lipinski definition) is 5. The zero-order valence-electron chi connectivity index (χ0n) is 19.3. The lowest BCUT2D eigenvalue weighted by molar-refractivity contribution is -0.114. The molecule has 174 valence electrons. The minimum atomic E-state index is -0.146. The van der Waals surface area contributed by atoms with Gasteiger partial charge in [-0.25, -0.2) is 9.97 Å². The fourth-order valence-corrected chi connectivity index (χ4v) is 4.61. The van der Waals surface area contributed by atoms with Crippen molar-refractivity contribution in [1.82, 2.24) is 19.8 Å². The van der Waals surface area contributed by atoms with Gasteiger partial charge in [0, 0.05) is 56.5 Å². The number of nitrogens with one attached hydrogen (secondary N) is 1. The maximum atomic E-state index is 13.0. The van der Waals surface area contributed by atoms with E-state index in [1.165, 1.54) is 13.3 Å². The van der Waals surface area contributed by atoms with Crippen LogP contribution >= 0.6 is 0 Å². The lowest BCUT2D eigenvalue weighted by atomic mass is 9.96. The monoisotopic (exact) mass is 449 g/mol. The van der Waals surface area contributed by atoms with Crippen LogP contribution in [0.15, 0.2) is 30.5 Å². The molecule has 8 heteroatoms. The van der Waals surface area contributed by atoms with Crippen molar-refractivity contribution in [3.05, 3.63) is 53.1 Å². The predicted octanol–water partition coefficient (Wildman–Crippen LogP) is 3.39. The summed E-state index contributed by atoms with van der Waals surface area (Å²) in [5.74, 6) is 0.567. The van der Waals surface area contributed by atoms with E-state index in [1.807, 2.05) is 16.7 Å². The Morgan fingerprint density at radius 1 is 0.939 bits per heavy atom. The summed E-state index contributed by atoms with van der Waals surface area (Å²) < 4.78 is 0. The Labute approximate surface area is 194 Å². The number of carbonyl (C=O) groups is 3. The Morgan fingerprint density at radius 3 is 2.30 bits per heavy atom. The maximum absolute atomic E-state index is 13.0. The summed E-state index contributed by atoms with van der Waals surface area (Å²) in [4.78, 5) is 50.1. The van der Waals surface area contributed by atoms with E-state index in [0.717, 1.165) is 38.8 Å². The molecule has 2 aliphatic heterocycles. The summed E-state index contributed by atoms with van der Waals surface area (Å²) in [5, 5.41) is 2.71. The number of likely N-dealkylation sites (tertiary alicyclic amines) is 2. The summed E-state index contributed by atoms with van der Waals surface area (Å²) in [7, 11) is 0. The van der Waals surface area contributed by atoms with Crippen LogP contribution in [0.25, 0.3) is 0 Å². The molecule has 0 spiro atoms. The molecule has 33 heavy (non-hydrogen) atoms. The largest absolute Gasteiger partial charge is 0.339 e. The van der Waals surface area contributed by atoms with Crippen LogP contribution in [-0.2, 0) is 4.79 Å². The van der Waals surface area contributed by atoms with Gasteiger partial charge < -0.3 is 15.1 Å². The van der Waals surface area contributed by atoms with Crippen molar-refractivity contribution in [3.63, 3.8) is 0 Å². The average molecular weight is 450 g/mol. The van der Waals surface area contributed by atoms with Gasteiger partial charge in [-0.05, 0) is 63.3 Å². The van der Waals surface area contributed by atoms with Crippen LogP contribution in [0.5, 0.6) is 0 Å². The van der Waals surface area contributed by atoms with Gasteiger partial charge in [0.2, 0.25) is 5.91 Å². The molecule has 0 bridgehead atoms. The van der Waals surface area contributed by atoms with Gasteiger partial charge in [-0.2, -0.15) is 0 Å². The summed E-state index contributed by atoms with van der Waals surface area (Å²) >= 11 is 0. The molecule has 0 radical (unpaired) electrons. The first-order chi connectivity index (χ1) is 15.9. The van der Waals surface area contributed by atoms with E-state index in [0.29, 0.717) is 41.4 Å². The van der Waals surface area contributed by atoms with Crippen molar-refractivity contribution in [2.45, 2.75) is 51.9 Å². The van der Waals surface area contributed by atoms with Crippen molar-refractivity contribution in [2.75, 3.05) is 31.5 Å². The van der Waals surface area contributed by atoms with Gasteiger partial charge in [-0.15, -0.1) is 0 Å². The first-order valence-electron chi connectivity index (χ1n) is 11.7. The molecule has 1 N–H and O–H groups in total. The van der Waals surface area contributed by atoms with E-state index in [9.17, 15) is 14.4 Å². The minimum Gasteiger partial charge on any atom is -0.339 e. The van der Waals surface area contributed by atoms with Crippen LogP contribution in [-0.4, -0.2) is 63.7 Å². The number of aromatic nitrogens is 2. The smallest absolute Gasteiger partial charge is 0.257 e. The zero-order valence-corrected chi connectivity index (χ0v) is 19.3. The van der Waals surface area contributed by atoms with E-state index >= 15 is 0 Å². The quantitative estimate of drug-likeness (QED) is 0.772. The maximum Gasteiger partial charge on any atom is 0.257 e. The fourth-order valence-electron chi connectivity index (χ4n) is 4.61. The second kappa shape index (κ2) is 10.1. The van der Waals surface area contributed by atoms with Crippen molar-refractivity contribution in [3.8, 4) is 0 Å². The SMILES string of the molecule is CC(=O)Nc1ccc(C(=O)N2CCC[C@@H](c3ncc(C(=O)N4CCCCC4)c(C)n3)C2)cc1. The number of nitrogens with zero attached hydrogens (tertiary/aromatic N) is 4. The molecule has 2 saturated heterocycles. The predicted molar refractivity (Wildman–Crippen MR) is 125 cm³/mol. The molecule has 0 unspecified atom stereocenters. The van der Waals surface area contributed by atoms with Gasteiger partial charge >= 0.3 is 0 Å².